The van der Waals surface area contributed by atoms with Crippen LogP contribution in [0.5, 0.6) is 11.5 Å². The molecule has 0 atom stereocenters. The molecule has 1 saturated heterocycles. The molecule has 0 saturated carbocycles. The molecule has 0 unspecified atom stereocenters. The second kappa shape index (κ2) is 11.6. The van der Waals surface area contributed by atoms with Crippen molar-refractivity contribution >= 4 is 62.2 Å². The number of nitrogens with zero attached hydrogens (tertiary/aromatic N) is 2. The number of para-hydroxylation sites is 1. The molecule has 0 bridgehead atoms. The van der Waals surface area contributed by atoms with E-state index in [1.807, 2.05) is 0 Å². The summed E-state index contributed by atoms with van der Waals surface area (Å²) in [5.74, 6) is 0.497. The molecule has 1 aliphatic rings. The van der Waals surface area contributed by atoms with Gasteiger partial charge < -0.3 is 9.47 Å². The summed E-state index contributed by atoms with van der Waals surface area (Å²) in [5, 5.41) is 11.1. The van der Waals surface area contributed by atoms with Crippen molar-refractivity contribution < 1.29 is 24.0 Å². The predicted octanol–water partition coefficient (Wildman–Crippen LogP) is 6.71. The first-order valence-corrected chi connectivity index (χ1v) is 12.6. The van der Waals surface area contributed by atoms with E-state index in [4.69, 9.17) is 21.1 Å². The fourth-order valence-corrected chi connectivity index (χ4v) is 4.75. The lowest BCUT2D eigenvalue weighted by atomic mass is 10.1. The van der Waals surface area contributed by atoms with Gasteiger partial charge in [0.25, 0.3) is 16.8 Å². The number of thioether (sulfide) groups is 1. The van der Waals surface area contributed by atoms with Gasteiger partial charge in [0.1, 0.15) is 24.7 Å². The monoisotopic (exact) mass is 588 g/mol. The number of ether oxygens (including phenoxy) is 2. The van der Waals surface area contributed by atoms with Crippen LogP contribution in [0.15, 0.2) is 76.1 Å². The van der Waals surface area contributed by atoms with Crippen molar-refractivity contribution in [1.82, 2.24) is 4.90 Å². The number of halogens is 2. The predicted molar refractivity (Wildman–Crippen MR) is 141 cm³/mol. The van der Waals surface area contributed by atoms with Crippen LogP contribution in [-0.4, -0.2) is 34.1 Å². The Labute approximate surface area is 224 Å². The minimum Gasteiger partial charge on any atom is -0.490 e. The Kier molecular flexibility index (Phi) is 8.29. The molecule has 3 aromatic rings. The second-order valence-electron chi connectivity index (χ2n) is 7.51. The summed E-state index contributed by atoms with van der Waals surface area (Å²) in [6.07, 6.45) is 1.59. The van der Waals surface area contributed by atoms with E-state index in [1.165, 1.54) is 12.1 Å². The van der Waals surface area contributed by atoms with Crippen molar-refractivity contribution in [1.29, 1.82) is 0 Å². The first-order chi connectivity index (χ1) is 17.3. The summed E-state index contributed by atoms with van der Waals surface area (Å²) in [5.41, 5.74) is 1.17. The molecule has 1 heterocycles. The molecule has 0 radical (unpaired) electrons. The maximum Gasteiger partial charge on any atom is 0.293 e. The van der Waals surface area contributed by atoms with E-state index in [-0.39, 0.29) is 30.4 Å². The normalized spacial score (nSPS) is 14.4. The van der Waals surface area contributed by atoms with Crippen LogP contribution in [0.1, 0.15) is 11.1 Å². The van der Waals surface area contributed by atoms with E-state index in [0.717, 1.165) is 21.1 Å². The quantitative estimate of drug-likeness (QED) is 0.155. The molecular weight excluding hydrogens is 572 g/mol. The van der Waals surface area contributed by atoms with E-state index >= 15 is 0 Å². The highest BCUT2D eigenvalue weighted by molar-refractivity contribution is 9.10. The van der Waals surface area contributed by atoms with Crippen molar-refractivity contribution in [3.8, 4) is 11.5 Å². The average molecular weight is 590 g/mol. The number of hydrogen-bond donors (Lipinski definition) is 0. The van der Waals surface area contributed by atoms with Crippen LogP contribution in [-0.2, 0) is 11.4 Å². The summed E-state index contributed by atoms with van der Waals surface area (Å²) in [4.78, 5) is 37.3. The third-order valence-electron chi connectivity index (χ3n) is 5.06. The number of benzene rings is 3. The molecule has 1 fully saturated rings. The topological polar surface area (TPSA) is 99.0 Å². The van der Waals surface area contributed by atoms with Gasteiger partial charge in [-0.2, -0.15) is 0 Å². The minimum atomic E-state index is -0.468. The number of imide groups is 1. The van der Waals surface area contributed by atoms with Gasteiger partial charge >= 0.3 is 0 Å². The standard InChI is InChI=1S/C25H18BrClN2O6S/c26-18-8-9-21(35-15-16-4-3-5-19(12-16)29(32)33)17(13-18)14-23-24(30)28(25(31)36-23)10-11-34-22-7-2-1-6-20(22)27/h1-9,12-14H,10-11,15H2/b23-14-. The Balaban J connectivity index is 1.46. The summed E-state index contributed by atoms with van der Waals surface area (Å²) in [6, 6.07) is 18.4. The molecule has 0 aromatic heterocycles. The van der Waals surface area contributed by atoms with Crippen molar-refractivity contribution in [2.24, 2.45) is 0 Å². The van der Waals surface area contributed by atoms with Crippen molar-refractivity contribution in [2.45, 2.75) is 6.61 Å². The van der Waals surface area contributed by atoms with Gasteiger partial charge in [0.15, 0.2) is 0 Å². The van der Waals surface area contributed by atoms with Crippen LogP contribution in [0.3, 0.4) is 0 Å². The van der Waals surface area contributed by atoms with Gasteiger partial charge in [-0.05, 0) is 53.7 Å². The average Bonchev–Trinajstić information content (AvgIpc) is 3.12. The molecule has 0 spiro atoms. The molecule has 11 heteroatoms. The van der Waals surface area contributed by atoms with E-state index in [0.29, 0.717) is 27.6 Å². The highest BCUT2D eigenvalue weighted by Crippen LogP contribution is 2.35. The Morgan fingerprint density at radius 3 is 2.61 bits per heavy atom. The first kappa shape index (κ1) is 25.7. The number of carbonyl (C=O) groups excluding carboxylic acids is 2. The highest BCUT2D eigenvalue weighted by atomic mass is 79.9. The summed E-state index contributed by atoms with van der Waals surface area (Å²) in [6.45, 7) is 0.260. The van der Waals surface area contributed by atoms with Gasteiger partial charge in [-0.25, -0.2) is 0 Å². The van der Waals surface area contributed by atoms with Crippen LogP contribution >= 0.6 is 39.3 Å². The Morgan fingerprint density at radius 1 is 1.03 bits per heavy atom. The van der Waals surface area contributed by atoms with Gasteiger partial charge in [-0.3, -0.25) is 24.6 Å². The molecule has 0 N–H and O–H groups in total. The van der Waals surface area contributed by atoms with Gasteiger partial charge in [-0.1, -0.05) is 51.8 Å². The highest BCUT2D eigenvalue weighted by Gasteiger charge is 2.35. The summed E-state index contributed by atoms with van der Waals surface area (Å²) < 4.78 is 12.3. The van der Waals surface area contributed by atoms with E-state index in [2.05, 4.69) is 15.9 Å². The van der Waals surface area contributed by atoms with Gasteiger partial charge in [-0.15, -0.1) is 0 Å². The largest absolute Gasteiger partial charge is 0.490 e. The van der Waals surface area contributed by atoms with E-state index in [9.17, 15) is 19.7 Å². The lowest BCUT2D eigenvalue weighted by Gasteiger charge is -2.14. The molecule has 0 aliphatic carbocycles. The second-order valence-corrected chi connectivity index (χ2v) is 9.83. The van der Waals surface area contributed by atoms with Crippen molar-refractivity contribution in [3.63, 3.8) is 0 Å². The fraction of sp³-hybridized carbons (Fsp3) is 0.120. The van der Waals surface area contributed by atoms with Crippen LogP contribution < -0.4 is 9.47 Å². The number of amides is 2. The zero-order valence-corrected chi connectivity index (χ0v) is 21.7. The van der Waals surface area contributed by atoms with E-state index in [1.54, 1.807) is 60.7 Å². The summed E-state index contributed by atoms with van der Waals surface area (Å²) in [7, 11) is 0. The lowest BCUT2D eigenvalue weighted by molar-refractivity contribution is -0.384. The van der Waals surface area contributed by atoms with Crippen molar-refractivity contribution in [2.75, 3.05) is 13.2 Å². The van der Waals surface area contributed by atoms with Crippen LogP contribution in [0, 0.1) is 10.1 Å². The van der Waals surface area contributed by atoms with Gasteiger partial charge in [0, 0.05) is 22.2 Å². The minimum absolute atomic E-state index is 0.0284. The lowest BCUT2D eigenvalue weighted by Crippen LogP contribution is -2.32. The molecule has 36 heavy (non-hydrogen) atoms. The van der Waals surface area contributed by atoms with E-state index < -0.39 is 16.1 Å². The number of nitro groups is 1. The molecule has 2 amide bonds. The number of hydrogen-bond acceptors (Lipinski definition) is 7. The molecular formula is C25H18BrClN2O6S. The number of rotatable bonds is 9. The zero-order chi connectivity index (χ0) is 25.7. The van der Waals surface area contributed by atoms with Gasteiger partial charge in [0.2, 0.25) is 0 Å². The maximum atomic E-state index is 12.9. The summed E-state index contributed by atoms with van der Waals surface area (Å²) >= 11 is 10.3. The van der Waals surface area contributed by atoms with Crippen LogP contribution in [0.4, 0.5) is 10.5 Å². The maximum absolute atomic E-state index is 12.9. The fourth-order valence-electron chi connectivity index (χ4n) is 3.33. The molecule has 1 aliphatic heterocycles. The zero-order valence-electron chi connectivity index (χ0n) is 18.6. The Hall–Kier alpha value is -3.34. The first-order valence-electron chi connectivity index (χ1n) is 10.6. The van der Waals surface area contributed by atoms with Gasteiger partial charge in [0.05, 0.1) is 21.4 Å². The third kappa shape index (κ3) is 6.26. The third-order valence-corrected chi connectivity index (χ3v) is 6.77. The number of nitro benzene ring substituents is 1. The number of non-ortho nitro benzene ring substituents is 1. The molecule has 8 nitrogen and oxygen atoms in total. The SMILES string of the molecule is O=C1S/C(=C\c2cc(Br)ccc2OCc2cccc([N+](=O)[O-])c2)C(=O)N1CCOc1ccccc1Cl. The molecule has 3 aromatic carbocycles. The molecule has 4 rings (SSSR count). The Morgan fingerprint density at radius 2 is 1.83 bits per heavy atom. The van der Waals surface area contributed by atoms with Crippen LogP contribution in [0.25, 0.3) is 6.08 Å². The van der Waals surface area contributed by atoms with Crippen molar-refractivity contribution in [3.05, 3.63) is 102 Å². The smallest absolute Gasteiger partial charge is 0.293 e. The van der Waals surface area contributed by atoms with Crippen LogP contribution in [0.2, 0.25) is 5.02 Å². The Bertz CT molecular complexity index is 1370. The molecule has 184 valence electrons. The number of carbonyl (C=O) groups is 2.